The van der Waals surface area contributed by atoms with Crippen molar-refractivity contribution in [2.45, 2.75) is 182 Å². The Morgan fingerprint density at radius 2 is 1.31 bits per heavy atom. The summed E-state index contributed by atoms with van der Waals surface area (Å²) >= 11 is 0. The van der Waals surface area contributed by atoms with Crippen molar-refractivity contribution in [3.63, 3.8) is 0 Å². The highest BCUT2D eigenvalue weighted by atomic mass is 16.8. The van der Waals surface area contributed by atoms with Gasteiger partial charge in [-0.2, -0.15) is 0 Å². The minimum absolute atomic E-state index is 0.00444. The van der Waals surface area contributed by atoms with Gasteiger partial charge in [-0.1, -0.05) is 78.8 Å². The first-order chi connectivity index (χ1) is 25.6. The minimum atomic E-state index is -1.12. The molecule has 0 aromatic heterocycles. The van der Waals surface area contributed by atoms with Gasteiger partial charge in [-0.05, 0) is 63.4 Å². The normalized spacial score (nSPS) is 46.5. The fraction of sp³-hybridized carbons (Fsp3) is 0.833. The SMILES string of the molecule is CCC1O[C@@H](O[C@@H]2C(OC(C)=O)[C@H](OC3[C@@H](OCc4ccccc4)OC(C)[C@@H]4OC(C)(C)O[C@H]34)OC(C)[C@@H]2O[C@@H]2OC[C@@H](C)[C@H](C)C2C)C(C)[C@@H](C)[C@@H]1C. The number of carbonyl (C=O) groups excluding carboxylic acids is 1. The molecule has 5 aliphatic rings. The molecule has 5 saturated heterocycles. The van der Waals surface area contributed by atoms with Gasteiger partial charge in [0.05, 0.1) is 31.5 Å². The molecular weight excluding hydrogens is 696 g/mol. The van der Waals surface area contributed by atoms with Crippen LogP contribution >= 0.6 is 0 Å². The second-order valence-electron chi connectivity index (χ2n) is 17.1. The second kappa shape index (κ2) is 17.4. The standard InChI is InChI=1S/C42H66O12/c1-13-31-24(5)23(4)26(7)39(49-31)51-34-32(50-38-25(6)22(3)21(2)19-44-38)27(8)47-41(36(34)48-29(10)43)52-37-35-33(53-42(11,12)54-35)28(9)46-40(37)45-20-30-17-15-14-16-18-30/h14-18,21-28,31-41H,13,19-20H2,1-12H3/t21-,22+,23+,24+,25?,26?,27?,28?,31?,32+,33+,34+,35+,36?,37?,38+,39+,40+,41+/m1/s1. The van der Waals surface area contributed by atoms with Crippen molar-refractivity contribution < 1.29 is 56.9 Å². The van der Waals surface area contributed by atoms with E-state index in [1.54, 1.807) is 0 Å². The Morgan fingerprint density at radius 1 is 0.685 bits per heavy atom. The molecule has 6 rings (SSSR count). The number of carbonyl (C=O) groups is 1. The van der Waals surface area contributed by atoms with Gasteiger partial charge in [-0.3, -0.25) is 4.79 Å². The highest BCUT2D eigenvalue weighted by molar-refractivity contribution is 5.66. The number of benzene rings is 1. The van der Waals surface area contributed by atoms with Crippen LogP contribution in [0.5, 0.6) is 0 Å². The first-order valence-corrected chi connectivity index (χ1v) is 20.3. The molecule has 5 fully saturated rings. The maximum absolute atomic E-state index is 13.0. The number of esters is 1. The molecule has 0 spiro atoms. The van der Waals surface area contributed by atoms with Gasteiger partial charge in [0.15, 0.2) is 37.1 Å². The molecule has 306 valence electrons. The summed E-state index contributed by atoms with van der Waals surface area (Å²) in [6.07, 6.45) is -7.64. The lowest BCUT2D eigenvalue weighted by atomic mass is 9.78. The average Bonchev–Trinajstić information content (AvgIpc) is 3.47. The maximum Gasteiger partial charge on any atom is 0.303 e. The number of rotatable bonds is 11. The summed E-state index contributed by atoms with van der Waals surface area (Å²) in [6, 6.07) is 9.87. The highest BCUT2D eigenvalue weighted by Gasteiger charge is 2.59. The number of fused-ring (bicyclic) bond motifs is 1. The van der Waals surface area contributed by atoms with Gasteiger partial charge in [-0.15, -0.1) is 0 Å². The fourth-order valence-corrected chi connectivity index (χ4v) is 8.78. The summed E-state index contributed by atoms with van der Waals surface area (Å²) in [7, 11) is 0. The first kappa shape index (κ1) is 41.9. The van der Waals surface area contributed by atoms with E-state index in [4.69, 9.17) is 52.1 Å². The molecule has 1 aromatic carbocycles. The monoisotopic (exact) mass is 762 g/mol. The second-order valence-corrected chi connectivity index (χ2v) is 17.1. The number of hydrogen-bond donors (Lipinski definition) is 0. The molecule has 5 heterocycles. The third kappa shape index (κ3) is 9.03. The van der Waals surface area contributed by atoms with E-state index in [-0.39, 0.29) is 30.7 Å². The highest BCUT2D eigenvalue weighted by Crippen LogP contribution is 2.43. The van der Waals surface area contributed by atoms with E-state index in [2.05, 4.69) is 48.5 Å². The smallest absolute Gasteiger partial charge is 0.303 e. The zero-order valence-electron chi connectivity index (χ0n) is 34.4. The van der Waals surface area contributed by atoms with Gasteiger partial charge in [0, 0.05) is 18.8 Å². The van der Waals surface area contributed by atoms with Gasteiger partial charge in [0.2, 0.25) is 0 Å². The van der Waals surface area contributed by atoms with Crippen molar-refractivity contribution in [1.29, 1.82) is 0 Å². The molecule has 12 nitrogen and oxygen atoms in total. The Morgan fingerprint density at radius 3 is 2.00 bits per heavy atom. The summed E-state index contributed by atoms with van der Waals surface area (Å²) in [6.45, 7) is 25.2. The molecule has 7 unspecified atom stereocenters. The van der Waals surface area contributed by atoms with E-state index in [0.29, 0.717) is 30.3 Å². The van der Waals surface area contributed by atoms with Crippen molar-refractivity contribution in [2.75, 3.05) is 6.61 Å². The molecule has 0 saturated carbocycles. The van der Waals surface area contributed by atoms with Crippen molar-refractivity contribution in [3.05, 3.63) is 35.9 Å². The minimum Gasteiger partial charge on any atom is -0.454 e. The molecule has 19 atom stereocenters. The van der Waals surface area contributed by atoms with E-state index in [9.17, 15) is 4.79 Å². The van der Waals surface area contributed by atoms with Gasteiger partial charge < -0.3 is 52.1 Å². The Balaban J connectivity index is 1.33. The fourth-order valence-electron chi connectivity index (χ4n) is 8.78. The van der Waals surface area contributed by atoms with Crippen molar-refractivity contribution in [3.8, 4) is 0 Å². The van der Waals surface area contributed by atoms with Gasteiger partial charge in [0.1, 0.15) is 30.5 Å². The lowest BCUT2D eigenvalue weighted by Gasteiger charge is -2.51. The molecule has 0 N–H and O–H groups in total. The van der Waals surface area contributed by atoms with Crippen LogP contribution in [0.4, 0.5) is 0 Å². The third-order valence-corrected chi connectivity index (χ3v) is 12.8. The van der Waals surface area contributed by atoms with Crippen molar-refractivity contribution in [1.82, 2.24) is 0 Å². The zero-order chi connectivity index (χ0) is 39.1. The lowest BCUT2D eigenvalue weighted by molar-refractivity contribution is -0.386. The predicted octanol–water partition coefficient (Wildman–Crippen LogP) is 6.61. The van der Waals surface area contributed by atoms with Crippen molar-refractivity contribution >= 4 is 5.97 Å². The Labute approximate surface area is 322 Å². The van der Waals surface area contributed by atoms with Crippen LogP contribution in [-0.4, -0.2) is 98.5 Å². The van der Waals surface area contributed by atoms with Crippen molar-refractivity contribution in [2.24, 2.45) is 35.5 Å². The first-order valence-electron chi connectivity index (χ1n) is 20.3. The van der Waals surface area contributed by atoms with E-state index in [1.165, 1.54) is 6.92 Å². The van der Waals surface area contributed by atoms with E-state index in [0.717, 1.165) is 12.0 Å². The van der Waals surface area contributed by atoms with Crippen LogP contribution in [-0.2, 0) is 63.5 Å². The summed E-state index contributed by atoms with van der Waals surface area (Å²) in [5.74, 6) is 0.146. The Bertz CT molecular complexity index is 1360. The van der Waals surface area contributed by atoms with E-state index < -0.39 is 79.6 Å². The van der Waals surface area contributed by atoms with E-state index >= 15 is 0 Å². The predicted molar refractivity (Wildman–Crippen MR) is 198 cm³/mol. The molecule has 0 amide bonds. The maximum atomic E-state index is 13.0. The van der Waals surface area contributed by atoms with E-state index in [1.807, 2.05) is 58.0 Å². The van der Waals surface area contributed by atoms with Crippen LogP contribution in [0, 0.1) is 35.5 Å². The van der Waals surface area contributed by atoms with Crippen LogP contribution < -0.4 is 0 Å². The molecule has 54 heavy (non-hydrogen) atoms. The average molecular weight is 763 g/mol. The quantitative estimate of drug-likeness (QED) is 0.226. The lowest BCUT2D eigenvalue weighted by Crippen LogP contribution is -2.66. The van der Waals surface area contributed by atoms with Crippen LogP contribution in [0.1, 0.15) is 95.1 Å². The van der Waals surface area contributed by atoms with Crippen LogP contribution in [0.3, 0.4) is 0 Å². The summed E-state index contributed by atoms with van der Waals surface area (Å²) in [5, 5.41) is 0. The van der Waals surface area contributed by atoms with Crippen LogP contribution in [0.15, 0.2) is 30.3 Å². The van der Waals surface area contributed by atoms with Crippen LogP contribution in [0.2, 0.25) is 0 Å². The Kier molecular flexibility index (Phi) is 13.5. The largest absolute Gasteiger partial charge is 0.454 e. The zero-order valence-corrected chi connectivity index (χ0v) is 34.4. The summed E-state index contributed by atoms with van der Waals surface area (Å²) < 4.78 is 72.4. The molecule has 0 bridgehead atoms. The number of hydrogen-bond acceptors (Lipinski definition) is 12. The topological polar surface area (TPSA) is 119 Å². The van der Waals surface area contributed by atoms with Gasteiger partial charge in [0.25, 0.3) is 0 Å². The molecule has 12 heteroatoms. The van der Waals surface area contributed by atoms with Gasteiger partial charge >= 0.3 is 5.97 Å². The summed E-state index contributed by atoms with van der Waals surface area (Å²) in [5.41, 5.74) is 0.978. The summed E-state index contributed by atoms with van der Waals surface area (Å²) in [4.78, 5) is 13.0. The Hall–Kier alpha value is -1.71. The third-order valence-electron chi connectivity index (χ3n) is 12.8. The molecule has 0 radical (unpaired) electrons. The molecular formula is C42H66O12. The van der Waals surface area contributed by atoms with Crippen LogP contribution in [0.25, 0.3) is 0 Å². The molecule has 0 aliphatic carbocycles. The molecule has 5 aliphatic heterocycles. The molecule has 1 aromatic rings. The number of ether oxygens (including phenoxy) is 11. The van der Waals surface area contributed by atoms with Gasteiger partial charge in [-0.25, -0.2) is 0 Å².